The lowest BCUT2D eigenvalue weighted by atomic mass is 10.1. The van der Waals surface area contributed by atoms with E-state index in [0.717, 1.165) is 33.2 Å². The minimum absolute atomic E-state index is 0. The molecule has 0 aliphatic rings. The van der Waals surface area contributed by atoms with Gasteiger partial charge in [-0.3, -0.25) is 0 Å². The zero-order chi connectivity index (χ0) is 23.3. The number of para-hydroxylation sites is 2. The molecular formula is C25H26Cl3N3O2S. The Morgan fingerprint density at radius 1 is 0.794 bits per heavy atom. The molecule has 0 unspecified atom stereocenters. The fourth-order valence-electron chi connectivity index (χ4n) is 3.90. The summed E-state index contributed by atoms with van der Waals surface area (Å²) in [6.45, 7) is 1.59. The topological polar surface area (TPSA) is 62.3 Å². The maximum absolute atomic E-state index is 13.0. The van der Waals surface area contributed by atoms with Gasteiger partial charge in [0.25, 0.3) is 0 Å². The molecule has 0 saturated heterocycles. The number of fused-ring (bicyclic) bond motifs is 2. The zero-order valence-electron chi connectivity index (χ0n) is 18.5. The molecule has 1 N–H and O–H groups in total. The minimum atomic E-state index is -3.45. The van der Waals surface area contributed by atoms with Crippen LogP contribution >= 0.6 is 35.6 Å². The fraction of sp³-hybridized carbons (Fsp3) is 0.240. The summed E-state index contributed by atoms with van der Waals surface area (Å²) < 4.78 is 25.9. The predicted molar refractivity (Wildman–Crippen MR) is 147 cm³/mol. The van der Waals surface area contributed by atoms with Crippen LogP contribution in [0.25, 0.3) is 21.8 Å². The van der Waals surface area contributed by atoms with Crippen LogP contribution in [0.1, 0.15) is 0 Å². The molecule has 180 valence electrons. The molecule has 5 nitrogen and oxygen atoms in total. The molecule has 0 saturated carbocycles. The van der Waals surface area contributed by atoms with Gasteiger partial charge in [0.2, 0.25) is 0 Å². The van der Waals surface area contributed by atoms with Crippen molar-refractivity contribution in [3.63, 3.8) is 0 Å². The number of hydrogen-bond donors (Lipinski definition) is 1. The lowest BCUT2D eigenvalue weighted by Gasteiger charge is -2.23. The van der Waals surface area contributed by atoms with Crippen molar-refractivity contribution in [1.82, 2.24) is 4.98 Å². The van der Waals surface area contributed by atoms with Crippen molar-refractivity contribution in [3.8, 4) is 0 Å². The van der Waals surface area contributed by atoms with Crippen LogP contribution in [-0.2, 0) is 9.84 Å². The molecule has 34 heavy (non-hydrogen) atoms. The Hall–Kier alpha value is -2.25. The average Bonchev–Trinajstić information content (AvgIpc) is 2.83. The van der Waals surface area contributed by atoms with E-state index < -0.39 is 9.84 Å². The Balaban J connectivity index is 0.00000324. The quantitative estimate of drug-likeness (QED) is 0.199. The number of halogens is 3. The van der Waals surface area contributed by atoms with Crippen LogP contribution in [0.4, 0.5) is 11.4 Å². The highest BCUT2D eigenvalue weighted by Crippen LogP contribution is 2.30. The van der Waals surface area contributed by atoms with Gasteiger partial charge in [-0.1, -0.05) is 36.4 Å². The summed E-state index contributed by atoms with van der Waals surface area (Å²) in [5.74, 6) is 0.923. The molecule has 1 heterocycles. The van der Waals surface area contributed by atoms with Crippen LogP contribution in [-0.4, -0.2) is 50.5 Å². The highest BCUT2D eigenvalue weighted by atomic mass is 35.5. The third-order valence-electron chi connectivity index (χ3n) is 5.53. The Bertz CT molecular complexity index is 1290. The van der Waals surface area contributed by atoms with E-state index in [1.807, 2.05) is 65.6 Å². The third-order valence-corrected chi connectivity index (χ3v) is 7.60. The number of nitrogens with one attached hydrogen (secondary N) is 1. The van der Waals surface area contributed by atoms with E-state index in [1.54, 1.807) is 12.1 Å². The minimum Gasteiger partial charge on any atom is -0.383 e. The molecule has 4 aromatic rings. The molecule has 0 spiro atoms. The van der Waals surface area contributed by atoms with E-state index >= 15 is 0 Å². The van der Waals surface area contributed by atoms with E-state index in [9.17, 15) is 8.42 Å². The number of alkyl halides is 2. The Morgan fingerprint density at radius 3 is 1.85 bits per heavy atom. The van der Waals surface area contributed by atoms with E-state index in [1.165, 1.54) is 0 Å². The molecule has 1 aromatic heterocycles. The van der Waals surface area contributed by atoms with Gasteiger partial charge in [0.15, 0.2) is 9.84 Å². The molecule has 0 aliphatic heterocycles. The molecule has 0 radical (unpaired) electrons. The first-order chi connectivity index (χ1) is 16.0. The summed E-state index contributed by atoms with van der Waals surface area (Å²) in [6.07, 6.45) is 0. The first-order valence-corrected chi connectivity index (χ1v) is 13.5. The highest BCUT2D eigenvalue weighted by Gasteiger charge is 2.16. The summed E-state index contributed by atoms with van der Waals surface area (Å²) in [4.78, 5) is 7.05. The predicted octanol–water partition coefficient (Wildman–Crippen LogP) is 5.98. The van der Waals surface area contributed by atoms with Crippen LogP contribution in [0, 0.1) is 0 Å². The van der Waals surface area contributed by atoms with Gasteiger partial charge in [-0.05, 0) is 36.4 Å². The smallest absolute Gasteiger partial charge is 0.180 e. The van der Waals surface area contributed by atoms with Gasteiger partial charge in [-0.15, -0.1) is 35.6 Å². The summed E-state index contributed by atoms with van der Waals surface area (Å²) in [7, 11) is -3.45. The van der Waals surface area contributed by atoms with Gasteiger partial charge >= 0.3 is 0 Å². The maximum atomic E-state index is 13.0. The van der Waals surface area contributed by atoms with Crippen molar-refractivity contribution in [3.05, 3.63) is 72.8 Å². The molecule has 0 amide bonds. The van der Waals surface area contributed by atoms with Gasteiger partial charge < -0.3 is 10.2 Å². The van der Waals surface area contributed by atoms with Crippen LogP contribution in [0.3, 0.4) is 0 Å². The molecule has 0 bridgehead atoms. The number of nitrogens with zero attached hydrogens (tertiary/aromatic N) is 2. The van der Waals surface area contributed by atoms with Gasteiger partial charge in [0.05, 0.1) is 27.4 Å². The van der Waals surface area contributed by atoms with Gasteiger partial charge in [-0.25, -0.2) is 13.4 Å². The first-order valence-electron chi connectivity index (χ1n) is 10.7. The molecule has 0 aliphatic carbocycles. The fourth-order valence-corrected chi connectivity index (χ4v) is 5.46. The van der Waals surface area contributed by atoms with Crippen molar-refractivity contribution < 1.29 is 8.42 Å². The number of rotatable bonds is 10. The number of pyridine rings is 1. The van der Waals surface area contributed by atoms with Crippen molar-refractivity contribution in [1.29, 1.82) is 0 Å². The normalized spacial score (nSPS) is 11.4. The second-order valence-electron chi connectivity index (χ2n) is 7.63. The summed E-state index contributed by atoms with van der Waals surface area (Å²) in [5.41, 5.74) is 3.55. The number of hydrogen-bond acceptors (Lipinski definition) is 5. The van der Waals surface area contributed by atoms with Crippen molar-refractivity contribution >= 4 is 78.6 Å². The lowest BCUT2D eigenvalue weighted by Crippen LogP contribution is -2.27. The van der Waals surface area contributed by atoms with Crippen LogP contribution < -0.4 is 10.2 Å². The number of sulfone groups is 1. The molecule has 4 rings (SSSR count). The van der Waals surface area contributed by atoms with E-state index in [-0.39, 0.29) is 24.7 Å². The highest BCUT2D eigenvalue weighted by molar-refractivity contribution is 7.91. The number of benzene rings is 3. The van der Waals surface area contributed by atoms with E-state index in [0.29, 0.717) is 29.7 Å². The average molecular weight is 539 g/mol. The van der Waals surface area contributed by atoms with Gasteiger partial charge in [0, 0.05) is 47.9 Å². The number of aromatic nitrogens is 1. The van der Waals surface area contributed by atoms with Gasteiger partial charge in [0.1, 0.15) is 0 Å². The second kappa shape index (κ2) is 11.9. The van der Waals surface area contributed by atoms with Crippen LogP contribution in [0.2, 0.25) is 0 Å². The summed E-state index contributed by atoms with van der Waals surface area (Å²) in [6, 6.07) is 22.6. The molecule has 3 aromatic carbocycles. The zero-order valence-corrected chi connectivity index (χ0v) is 21.6. The van der Waals surface area contributed by atoms with E-state index in [4.69, 9.17) is 28.2 Å². The Kier molecular flexibility index (Phi) is 9.25. The third kappa shape index (κ3) is 5.87. The first kappa shape index (κ1) is 26.4. The van der Waals surface area contributed by atoms with Crippen molar-refractivity contribution in [2.45, 2.75) is 4.90 Å². The van der Waals surface area contributed by atoms with E-state index in [2.05, 4.69) is 5.32 Å². The SMILES string of the molecule is Cl.O=S(=O)(CCNc1c2ccccc2nc2ccccc12)c1ccc(N(CCCl)CCCl)cc1. The second-order valence-corrected chi connectivity index (χ2v) is 10.5. The van der Waals surface area contributed by atoms with Crippen molar-refractivity contribution in [2.75, 3.05) is 47.4 Å². The monoisotopic (exact) mass is 537 g/mol. The van der Waals surface area contributed by atoms with Crippen LogP contribution in [0.15, 0.2) is 77.7 Å². The van der Waals surface area contributed by atoms with Crippen molar-refractivity contribution in [2.24, 2.45) is 0 Å². The largest absolute Gasteiger partial charge is 0.383 e. The molecule has 0 fully saturated rings. The van der Waals surface area contributed by atoms with Gasteiger partial charge in [-0.2, -0.15) is 0 Å². The van der Waals surface area contributed by atoms with Crippen LogP contribution in [0.5, 0.6) is 0 Å². The molecule has 9 heteroatoms. The maximum Gasteiger partial charge on any atom is 0.180 e. The molecule has 0 atom stereocenters. The molecular weight excluding hydrogens is 513 g/mol. The lowest BCUT2D eigenvalue weighted by molar-refractivity contribution is 0.596. The Morgan fingerprint density at radius 2 is 1.32 bits per heavy atom. The Labute approximate surface area is 216 Å². The summed E-state index contributed by atoms with van der Waals surface area (Å²) in [5, 5.41) is 5.30. The standard InChI is InChI=1S/C25H25Cl2N3O2S.ClH/c26-13-16-30(17-14-27)19-9-11-20(12-10-19)33(31,32)18-15-28-25-21-5-1-3-7-23(21)29-24-8-4-2-6-22(24)25;/h1-12H,13-18H2,(H,28,29);1H. The summed E-state index contributed by atoms with van der Waals surface area (Å²) >= 11 is 11.7. The number of anilines is 2.